The SMILES string of the molecule is C[C@@H]1C[C@@H](C)CN(C(=O)/C=C/c2ccc(F)cc2)C1. The lowest BCUT2D eigenvalue weighted by molar-refractivity contribution is -0.128. The number of hydrogen-bond donors (Lipinski definition) is 0. The average molecular weight is 261 g/mol. The first-order chi connectivity index (χ1) is 9.04. The molecule has 102 valence electrons. The topological polar surface area (TPSA) is 20.3 Å². The van der Waals surface area contributed by atoms with Crippen molar-refractivity contribution in [2.24, 2.45) is 11.8 Å². The molecular formula is C16H20FNO. The maximum Gasteiger partial charge on any atom is 0.246 e. The van der Waals surface area contributed by atoms with Crippen LogP contribution in [0.2, 0.25) is 0 Å². The smallest absolute Gasteiger partial charge is 0.246 e. The summed E-state index contributed by atoms with van der Waals surface area (Å²) < 4.78 is 12.8. The fourth-order valence-corrected chi connectivity index (χ4v) is 2.69. The van der Waals surface area contributed by atoms with E-state index in [1.54, 1.807) is 24.3 Å². The highest BCUT2D eigenvalue weighted by atomic mass is 19.1. The zero-order valence-corrected chi connectivity index (χ0v) is 11.5. The van der Waals surface area contributed by atoms with Crippen molar-refractivity contribution in [3.05, 3.63) is 41.7 Å². The first-order valence-corrected chi connectivity index (χ1v) is 6.77. The number of benzene rings is 1. The van der Waals surface area contributed by atoms with Gasteiger partial charge in [-0.1, -0.05) is 26.0 Å². The number of nitrogens with zero attached hydrogens (tertiary/aromatic N) is 1. The van der Waals surface area contributed by atoms with Crippen LogP contribution in [0, 0.1) is 17.7 Å². The predicted molar refractivity (Wildman–Crippen MR) is 75.0 cm³/mol. The van der Waals surface area contributed by atoms with Gasteiger partial charge in [0.25, 0.3) is 0 Å². The molecule has 1 aliphatic heterocycles. The Labute approximate surface area is 113 Å². The molecule has 1 saturated heterocycles. The number of carbonyl (C=O) groups excluding carboxylic acids is 1. The minimum absolute atomic E-state index is 0.0442. The Bertz CT molecular complexity index is 456. The standard InChI is InChI=1S/C16H20FNO/c1-12-9-13(2)11-18(10-12)16(19)8-5-14-3-6-15(17)7-4-14/h3-8,12-13H,9-11H2,1-2H3/b8-5+/t12-,13-/m1/s1. The first kappa shape index (κ1) is 13.8. The van der Waals surface area contributed by atoms with E-state index in [1.807, 2.05) is 4.90 Å². The normalized spacial score (nSPS) is 23.8. The molecule has 0 radical (unpaired) electrons. The Morgan fingerprint density at radius 3 is 2.37 bits per heavy atom. The molecule has 0 aliphatic carbocycles. The molecule has 0 aromatic heterocycles. The lowest BCUT2D eigenvalue weighted by atomic mass is 9.92. The molecule has 0 unspecified atom stereocenters. The summed E-state index contributed by atoms with van der Waals surface area (Å²) in [7, 11) is 0. The van der Waals surface area contributed by atoms with Gasteiger partial charge in [0.1, 0.15) is 5.82 Å². The minimum Gasteiger partial charge on any atom is -0.339 e. The highest BCUT2D eigenvalue weighted by Gasteiger charge is 2.23. The molecule has 1 heterocycles. The van der Waals surface area contributed by atoms with Gasteiger partial charge in [0.2, 0.25) is 5.91 Å². The molecule has 1 aliphatic rings. The molecule has 0 N–H and O–H groups in total. The predicted octanol–water partition coefficient (Wildman–Crippen LogP) is 3.34. The Kier molecular flexibility index (Phi) is 4.35. The number of hydrogen-bond acceptors (Lipinski definition) is 1. The Hall–Kier alpha value is -1.64. The molecule has 2 atom stereocenters. The van der Waals surface area contributed by atoms with Crippen LogP contribution in [0.4, 0.5) is 4.39 Å². The van der Waals surface area contributed by atoms with E-state index in [0.29, 0.717) is 11.8 Å². The third-order valence-electron chi connectivity index (χ3n) is 3.47. The monoisotopic (exact) mass is 261 g/mol. The molecule has 2 rings (SSSR count). The third kappa shape index (κ3) is 3.91. The Morgan fingerprint density at radius 1 is 1.21 bits per heavy atom. The molecule has 1 fully saturated rings. The van der Waals surface area contributed by atoms with Crippen LogP contribution in [0.1, 0.15) is 25.8 Å². The van der Waals surface area contributed by atoms with Gasteiger partial charge < -0.3 is 4.90 Å². The van der Waals surface area contributed by atoms with E-state index in [4.69, 9.17) is 0 Å². The molecular weight excluding hydrogens is 241 g/mol. The maximum absolute atomic E-state index is 12.8. The van der Waals surface area contributed by atoms with Gasteiger partial charge in [-0.2, -0.15) is 0 Å². The highest BCUT2D eigenvalue weighted by molar-refractivity contribution is 5.91. The number of piperidine rings is 1. The van der Waals surface area contributed by atoms with Gasteiger partial charge in [-0.05, 0) is 42.0 Å². The van der Waals surface area contributed by atoms with E-state index >= 15 is 0 Å². The van der Waals surface area contributed by atoms with Crippen LogP contribution >= 0.6 is 0 Å². The van der Waals surface area contributed by atoms with E-state index in [2.05, 4.69) is 13.8 Å². The molecule has 0 bridgehead atoms. The van der Waals surface area contributed by atoms with Crippen molar-refractivity contribution in [3.8, 4) is 0 Å². The number of amides is 1. The van der Waals surface area contributed by atoms with Gasteiger partial charge in [0, 0.05) is 19.2 Å². The van der Waals surface area contributed by atoms with Crippen molar-refractivity contribution in [3.63, 3.8) is 0 Å². The van der Waals surface area contributed by atoms with E-state index in [-0.39, 0.29) is 11.7 Å². The van der Waals surface area contributed by atoms with Crippen LogP contribution in [0.25, 0.3) is 6.08 Å². The van der Waals surface area contributed by atoms with E-state index in [1.165, 1.54) is 18.6 Å². The molecule has 1 aromatic rings. The molecule has 1 amide bonds. The zero-order chi connectivity index (χ0) is 13.8. The van der Waals surface area contributed by atoms with E-state index < -0.39 is 0 Å². The van der Waals surface area contributed by atoms with Crippen molar-refractivity contribution in [2.45, 2.75) is 20.3 Å². The van der Waals surface area contributed by atoms with Crippen molar-refractivity contribution in [1.82, 2.24) is 4.90 Å². The second-order valence-electron chi connectivity index (χ2n) is 5.57. The van der Waals surface area contributed by atoms with Crippen molar-refractivity contribution >= 4 is 12.0 Å². The molecule has 3 heteroatoms. The fraction of sp³-hybridized carbons (Fsp3) is 0.438. The Morgan fingerprint density at radius 2 is 1.79 bits per heavy atom. The highest BCUT2D eigenvalue weighted by Crippen LogP contribution is 2.21. The molecule has 19 heavy (non-hydrogen) atoms. The first-order valence-electron chi connectivity index (χ1n) is 6.77. The van der Waals surface area contributed by atoms with Crippen molar-refractivity contribution < 1.29 is 9.18 Å². The van der Waals surface area contributed by atoms with Crippen LogP contribution in [-0.2, 0) is 4.79 Å². The van der Waals surface area contributed by atoms with Gasteiger partial charge in [-0.15, -0.1) is 0 Å². The number of likely N-dealkylation sites (tertiary alicyclic amines) is 1. The summed E-state index contributed by atoms with van der Waals surface area (Å²) in [5.74, 6) is 0.906. The second-order valence-corrected chi connectivity index (χ2v) is 5.57. The van der Waals surface area contributed by atoms with Crippen LogP contribution in [-0.4, -0.2) is 23.9 Å². The summed E-state index contributed by atoms with van der Waals surface area (Å²) in [6.07, 6.45) is 4.51. The van der Waals surface area contributed by atoms with Gasteiger partial charge in [0.15, 0.2) is 0 Å². The molecule has 1 aromatic carbocycles. The fourth-order valence-electron chi connectivity index (χ4n) is 2.69. The van der Waals surface area contributed by atoms with Gasteiger partial charge >= 0.3 is 0 Å². The lowest BCUT2D eigenvalue weighted by Crippen LogP contribution is -2.41. The summed E-state index contributed by atoms with van der Waals surface area (Å²) in [5, 5.41) is 0. The summed E-state index contributed by atoms with van der Waals surface area (Å²) in [4.78, 5) is 14.0. The molecule has 0 spiro atoms. The summed E-state index contributed by atoms with van der Waals surface area (Å²) in [5.41, 5.74) is 0.841. The molecule has 2 nitrogen and oxygen atoms in total. The third-order valence-corrected chi connectivity index (χ3v) is 3.47. The molecule has 0 saturated carbocycles. The van der Waals surface area contributed by atoms with Gasteiger partial charge in [-0.25, -0.2) is 4.39 Å². The van der Waals surface area contributed by atoms with Crippen molar-refractivity contribution in [2.75, 3.05) is 13.1 Å². The van der Waals surface area contributed by atoms with Crippen LogP contribution in [0.3, 0.4) is 0 Å². The average Bonchev–Trinajstić information content (AvgIpc) is 2.36. The lowest BCUT2D eigenvalue weighted by Gasteiger charge is -2.34. The number of carbonyl (C=O) groups is 1. The van der Waals surface area contributed by atoms with E-state index in [9.17, 15) is 9.18 Å². The summed E-state index contributed by atoms with van der Waals surface area (Å²) >= 11 is 0. The van der Waals surface area contributed by atoms with E-state index in [0.717, 1.165) is 18.7 Å². The largest absolute Gasteiger partial charge is 0.339 e. The van der Waals surface area contributed by atoms with Gasteiger partial charge in [0.05, 0.1) is 0 Å². The van der Waals surface area contributed by atoms with Crippen LogP contribution in [0.15, 0.2) is 30.3 Å². The number of rotatable bonds is 2. The zero-order valence-electron chi connectivity index (χ0n) is 11.5. The Balaban J connectivity index is 1.98. The number of halogens is 1. The summed E-state index contributed by atoms with van der Waals surface area (Å²) in [6, 6.07) is 6.13. The van der Waals surface area contributed by atoms with Crippen LogP contribution in [0.5, 0.6) is 0 Å². The van der Waals surface area contributed by atoms with Gasteiger partial charge in [-0.3, -0.25) is 4.79 Å². The second kappa shape index (κ2) is 6.00. The summed E-state index contributed by atoms with van der Waals surface area (Å²) in [6.45, 7) is 6.02. The quantitative estimate of drug-likeness (QED) is 0.748. The minimum atomic E-state index is -0.262. The van der Waals surface area contributed by atoms with Crippen LogP contribution < -0.4 is 0 Å². The maximum atomic E-state index is 12.8. The van der Waals surface area contributed by atoms with Crippen molar-refractivity contribution in [1.29, 1.82) is 0 Å².